The number of carbonyl (C=O) groups excluding carboxylic acids is 1. The fourth-order valence-corrected chi connectivity index (χ4v) is 6.15. The maximum absolute atomic E-state index is 14.0. The molecular formula is C20H17F2N3O5S2. The first kappa shape index (κ1) is 21.0. The zero-order chi connectivity index (χ0) is 22.5. The lowest BCUT2D eigenvalue weighted by atomic mass is 9.97. The van der Waals surface area contributed by atoms with Crippen molar-refractivity contribution in [3.63, 3.8) is 0 Å². The summed E-state index contributed by atoms with van der Waals surface area (Å²) >= 11 is 1.30. The number of carbonyl (C=O) groups is 1. The lowest BCUT2D eigenvalue weighted by molar-refractivity contribution is -0.120. The molecule has 12 heteroatoms. The largest absolute Gasteiger partial charge is 0.454 e. The van der Waals surface area contributed by atoms with Crippen LogP contribution < -0.4 is 14.8 Å². The van der Waals surface area contributed by atoms with Crippen LogP contribution in [0.3, 0.4) is 0 Å². The number of nitrogens with one attached hydrogen (secondary N) is 1. The van der Waals surface area contributed by atoms with Gasteiger partial charge in [-0.25, -0.2) is 22.2 Å². The summed E-state index contributed by atoms with van der Waals surface area (Å²) in [5.41, 5.74) is 0.678. The van der Waals surface area contributed by atoms with Crippen LogP contribution in [0.4, 0.5) is 13.9 Å². The van der Waals surface area contributed by atoms with E-state index in [1.165, 1.54) is 11.3 Å². The van der Waals surface area contributed by atoms with Crippen molar-refractivity contribution >= 4 is 42.6 Å². The number of fused-ring (bicyclic) bond motifs is 2. The first-order valence-electron chi connectivity index (χ1n) is 9.77. The summed E-state index contributed by atoms with van der Waals surface area (Å²) in [5, 5.41) is 3.22. The van der Waals surface area contributed by atoms with E-state index in [2.05, 4.69) is 10.3 Å². The Morgan fingerprint density at radius 2 is 1.84 bits per heavy atom. The Hall–Kier alpha value is -2.83. The van der Waals surface area contributed by atoms with Crippen molar-refractivity contribution in [3.8, 4) is 11.5 Å². The quantitative estimate of drug-likeness (QED) is 0.614. The number of hydrogen-bond acceptors (Lipinski definition) is 7. The Balaban J connectivity index is 1.24. The second kappa shape index (κ2) is 7.94. The van der Waals surface area contributed by atoms with Gasteiger partial charge in [0, 0.05) is 37.2 Å². The van der Waals surface area contributed by atoms with Crippen LogP contribution in [0.15, 0.2) is 35.2 Å². The van der Waals surface area contributed by atoms with E-state index in [4.69, 9.17) is 9.47 Å². The van der Waals surface area contributed by atoms with Crippen molar-refractivity contribution in [2.24, 2.45) is 5.92 Å². The number of aromatic nitrogens is 1. The number of nitrogens with zero attached hydrogens (tertiary/aromatic N) is 2. The SMILES string of the molecule is O=C(Nc1nc2cc3c(cc2s1)OCO3)C1CCN(S(=O)(=O)c2ccc(F)cc2F)CC1. The van der Waals surface area contributed by atoms with Crippen LogP contribution in [-0.2, 0) is 14.8 Å². The molecule has 0 atom stereocenters. The molecule has 1 N–H and O–H groups in total. The lowest BCUT2D eigenvalue weighted by Gasteiger charge is -2.30. The van der Waals surface area contributed by atoms with Crippen LogP contribution in [0.1, 0.15) is 12.8 Å². The fourth-order valence-electron chi connectivity index (χ4n) is 3.76. The molecule has 2 aromatic carbocycles. The molecule has 8 nitrogen and oxygen atoms in total. The van der Waals surface area contributed by atoms with E-state index in [0.717, 1.165) is 21.1 Å². The Labute approximate surface area is 185 Å². The molecule has 2 aliphatic rings. The van der Waals surface area contributed by atoms with Gasteiger partial charge in [-0.2, -0.15) is 4.31 Å². The highest BCUT2D eigenvalue weighted by Gasteiger charge is 2.34. The molecule has 1 saturated heterocycles. The van der Waals surface area contributed by atoms with E-state index in [9.17, 15) is 22.0 Å². The van der Waals surface area contributed by atoms with E-state index >= 15 is 0 Å². The number of ether oxygens (including phenoxy) is 2. The second-order valence-corrected chi connectivity index (χ2v) is 10.4. The Morgan fingerprint density at radius 3 is 2.56 bits per heavy atom. The van der Waals surface area contributed by atoms with Gasteiger partial charge in [0.15, 0.2) is 16.6 Å². The minimum atomic E-state index is -4.11. The van der Waals surface area contributed by atoms with Gasteiger partial charge in [0.1, 0.15) is 16.5 Å². The van der Waals surface area contributed by atoms with Crippen LogP contribution in [0.5, 0.6) is 11.5 Å². The Morgan fingerprint density at radius 1 is 1.12 bits per heavy atom. The second-order valence-electron chi connectivity index (χ2n) is 7.43. The van der Waals surface area contributed by atoms with E-state index in [1.54, 1.807) is 6.07 Å². The maximum Gasteiger partial charge on any atom is 0.245 e. The summed E-state index contributed by atoms with van der Waals surface area (Å²) in [6.07, 6.45) is 0.545. The molecule has 32 heavy (non-hydrogen) atoms. The molecule has 1 fully saturated rings. The average Bonchev–Trinajstić information content (AvgIpc) is 3.36. The van der Waals surface area contributed by atoms with Crippen molar-refractivity contribution in [1.82, 2.24) is 9.29 Å². The van der Waals surface area contributed by atoms with E-state index in [-0.39, 0.29) is 38.6 Å². The summed E-state index contributed by atoms with van der Waals surface area (Å²) < 4.78 is 65.1. The number of piperidine rings is 1. The lowest BCUT2D eigenvalue weighted by Crippen LogP contribution is -2.41. The maximum atomic E-state index is 14.0. The predicted molar refractivity (Wildman–Crippen MR) is 112 cm³/mol. The molecule has 0 unspecified atom stereocenters. The number of hydrogen-bond donors (Lipinski definition) is 1. The van der Waals surface area contributed by atoms with Gasteiger partial charge in [-0.15, -0.1) is 0 Å². The van der Waals surface area contributed by atoms with Crippen molar-refractivity contribution in [2.75, 3.05) is 25.2 Å². The topological polar surface area (TPSA) is 97.8 Å². The van der Waals surface area contributed by atoms with Crippen LogP contribution in [-0.4, -0.2) is 43.5 Å². The van der Waals surface area contributed by atoms with E-state index in [1.807, 2.05) is 6.07 Å². The molecule has 168 valence electrons. The number of amides is 1. The van der Waals surface area contributed by atoms with E-state index < -0.39 is 32.5 Å². The summed E-state index contributed by atoms with van der Waals surface area (Å²) in [7, 11) is -4.11. The Kier molecular flexibility index (Phi) is 5.22. The smallest absolute Gasteiger partial charge is 0.245 e. The highest BCUT2D eigenvalue weighted by Crippen LogP contribution is 2.39. The summed E-state index contributed by atoms with van der Waals surface area (Å²) in [4.78, 5) is 16.5. The highest BCUT2D eigenvalue weighted by atomic mass is 32.2. The van der Waals surface area contributed by atoms with Gasteiger partial charge in [0.2, 0.25) is 22.7 Å². The molecule has 2 aliphatic heterocycles. The number of sulfonamides is 1. The fraction of sp³-hybridized carbons (Fsp3) is 0.300. The number of rotatable bonds is 4. The van der Waals surface area contributed by atoms with Crippen LogP contribution in [0.2, 0.25) is 0 Å². The predicted octanol–water partition coefficient (Wildman–Crippen LogP) is 3.34. The highest BCUT2D eigenvalue weighted by molar-refractivity contribution is 7.89. The third kappa shape index (κ3) is 3.78. The van der Waals surface area contributed by atoms with Crippen LogP contribution >= 0.6 is 11.3 Å². The van der Waals surface area contributed by atoms with E-state index in [0.29, 0.717) is 28.2 Å². The van der Waals surface area contributed by atoms with Gasteiger partial charge in [-0.05, 0) is 25.0 Å². The number of anilines is 1. The van der Waals surface area contributed by atoms with Gasteiger partial charge < -0.3 is 14.8 Å². The third-order valence-electron chi connectivity index (χ3n) is 5.45. The first-order valence-corrected chi connectivity index (χ1v) is 12.0. The summed E-state index contributed by atoms with van der Waals surface area (Å²) in [6.45, 7) is 0.273. The van der Waals surface area contributed by atoms with Crippen molar-refractivity contribution in [1.29, 1.82) is 0 Å². The molecule has 0 saturated carbocycles. The molecule has 0 bridgehead atoms. The standard InChI is InChI=1S/C20H17F2N3O5S2/c21-12-1-2-18(13(22)7-12)32(27,28)25-5-3-11(4-6-25)19(26)24-20-23-14-8-15-16(30-10-29-15)9-17(14)31-20/h1-2,7-9,11H,3-6,10H2,(H,23,24,26). The number of thiazole rings is 1. The first-order chi connectivity index (χ1) is 15.3. The molecule has 0 spiro atoms. The minimum absolute atomic E-state index is 0.0540. The monoisotopic (exact) mass is 481 g/mol. The molecular weight excluding hydrogens is 464 g/mol. The van der Waals surface area contributed by atoms with Crippen molar-refractivity contribution < 1.29 is 31.5 Å². The van der Waals surface area contributed by atoms with Crippen LogP contribution in [0, 0.1) is 17.6 Å². The zero-order valence-electron chi connectivity index (χ0n) is 16.5. The molecule has 3 aromatic rings. The summed E-state index contributed by atoms with van der Waals surface area (Å²) in [6, 6.07) is 5.92. The Bertz CT molecular complexity index is 1280. The number of halogens is 2. The molecule has 1 aromatic heterocycles. The normalized spacial score (nSPS) is 17.1. The third-order valence-corrected chi connectivity index (χ3v) is 8.31. The minimum Gasteiger partial charge on any atom is -0.454 e. The van der Waals surface area contributed by atoms with Gasteiger partial charge in [-0.1, -0.05) is 11.3 Å². The van der Waals surface area contributed by atoms with Gasteiger partial charge in [0.05, 0.1) is 10.2 Å². The number of benzene rings is 2. The van der Waals surface area contributed by atoms with Gasteiger partial charge >= 0.3 is 0 Å². The molecule has 5 rings (SSSR count). The zero-order valence-corrected chi connectivity index (χ0v) is 18.1. The summed E-state index contributed by atoms with van der Waals surface area (Å²) in [5.74, 6) is -1.42. The molecule has 0 radical (unpaired) electrons. The van der Waals surface area contributed by atoms with Crippen molar-refractivity contribution in [2.45, 2.75) is 17.7 Å². The van der Waals surface area contributed by atoms with Gasteiger partial charge in [-0.3, -0.25) is 4.79 Å². The van der Waals surface area contributed by atoms with Crippen molar-refractivity contribution in [3.05, 3.63) is 42.0 Å². The van der Waals surface area contributed by atoms with Crippen LogP contribution in [0.25, 0.3) is 10.2 Å². The molecule has 0 aliphatic carbocycles. The molecule has 3 heterocycles. The molecule has 1 amide bonds. The van der Waals surface area contributed by atoms with Gasteiger partial charge in [0.25, 0.3) is 0 Å². The average molecular weight is 482 g/mol.